The van der Waals surface area contributed by atoms with Gasteiger partial charge in [-0.3, -0.25) is 4.79 Å². The van der Waals surface area contributed by atoms with Crippen LogP contribution in [0.15, 0.2) is 63.8 Å². The molecule has 0 bridgehead atoms. The van der Waals surface area contributed by atoms with Crippen molar-refractivity contribution in [3.8, 4) is 16.9 Å². The van der Waals surface area contributed by atoms with Crippen LogP contribution in [0.25, 0.3) is 28.0 Å². The molecule has 0 aliphatic carbocycles. The van der Waals surface area contributed by atoms with Gasteiger partial charge in [-0.1, -0.05) is 23.4 Å². The highest BCUT2D eigenvalue weighted by Gasteiger charge is 2.21. The lowest BCUT2D eigenvalue weighted by molar-refractivity contribution is 0.0952. The summed E-state index contributed by atoms with van der Waals surface area (Å²) in [7, 11) is 0. The molecule has 0 unspecified atom stereocenters. The zero-order chi connectivity index (χ0) is 22.2. The topological polar surface area (TPSA) is 99.0 Å². The molecule has 1 amide bonds. The van der Waals surface area contributed by atoms with E-state index in [2.05, 4.69) is 20.6 Å². The van der Waals surface area contributed by atoms with Crippen molar-refractivity contribution >= 4 is 17.0 Å². The maximum absolute atomic E-state index is 13.2. The summed E-state index contributed by atoms with van der Waals surface area (Å²) in [4.78, 5) is 17.7. The number of aryl methyl sites for hydroxylation is 3. The van der Waals surface area contributed by atoms with Crippen LogP contribution in [0.4, 0.5) is 0 Å². The number of nitrogens with zero attached hydrogens (tertiary/aromatic N) is 4. The number of carbonyl (C=O) groups excluding carboxylic acids is 1. The first-order chi connectivity index (χ1) is 15.5. The molecule has 0 aliphatic rings. The molecule has 1 aromatic carbocycles. The van der Waals surface area contributed by atoms with Crippen molar-refractivity contribution in [1.29, 1.82) is 0 Å². The summed E-state index contributed by atoms with van der Waals surface area (Å²) in [5, 5.41) is 12.0. The van der Waals surface area contributed by atoms with E-state index < -0.39 is 0 Å². The third kappa shape index (κ3) is 3.56. The summed E-state index contributed by atoms with van der Waals surface area (Å²) in [5.41, 5.74) is 4.65. The maximum Gasteiger partial charge on any atom is 0.259 e. The smallest absolute Gasteiger partial charge is 0.259 e. The molecular formula is C24H21N5O3. The lowest BCUT2D eigenvalue weighted by atomic mass is 10.1. The van der Waals surface area contributed by atoms with Crippen molar-refractivity contribution < 1.29 is 13.7 Å². The van der Waals surface area contributed by atoms with E-state index in [-0.39, 0.29) is 5.91 Å². The van der Waals surface area contributed by atoms with Crippen molar-refractivity contribution in [3.63, 3.8) is 0 Å². The second kappa shape index (κ2) is 7.81. The number of benzene rings is 1. The zero-order valence-corrected chi connectivity index (χ0v) is 17.9. The van der Waals surface area contributed by atoms with Gasteiger partial charge in [0.1, 0.15) is 11.5 Å². The molecule has 0 fully saturated rings. The summed E-state index contributed by atoms with van der Waals surface area (Å²) >= 11 is 0. The number of furan rings is 1. The number of hydrogen-bond donors (Lipinski definition) is 1. The van der Waals surface area contributed by atoms with Gasteiger partial charge in [-0.15, -0.1) is 0 Å². The Morgan fingerprint density at radius 1 is 1.12 bits per heavy atom. The first kappa shape index (κ1) is 19.7. The first-order valence-electron chi connectivity index (χ1n) is 10.2. The summed E-state index contributed by atoms with van der Waals surface area (Å²) in [6.07, 6.45) is 3.63. The number of rotatable bonds is 5. The van der Waals surface area contributed by atoms with Crippen molar-refractivity contribution in [2.24, 2.45) is 0 Å². The normalized spacial score (nSPS) is 11.2. The lowest BCUT2D eigenvalue weighted by Crippen LogP contribution is -2.23. The number of para-hydroxylation sites is 1. The molecule has 0 aliphatic heterocycles. The predicted molar refractivity (Wildman–Crippen MR) is 118 cm³/mol. The van der Waals surface area contributed by atoms with Gasteiger partial charge in [-0.05, 0) is 45.0 Å². The van der Waals surface area contributed by atoms with Crippen LogP contribution < -0.4 is 5.32 Å². The molecule has 0 spiro atoms. The minimum absolute atomic E-state index is 0.240. The SMILES string of the molecule is Cc1cc(-c2cc(C(=O)NCc3cnn(-c4ccccc4)c3)c3c(C)noc3n2)c(C)o1. The van der Waals surface area contributed by atoms with Crippen LogP contribution >= 0.6 is 0 Å². The second-order valence-electron chi connectivity index (χ2n) is 7.64. The number of aromatic nitrogens is 4. The molecule has 8 heteroatoms. The van der Waals surface area contributed by atoms with Gasteiger partial charge in [0.25, 0.3) is 11.6 Å². The van der Waals surface area contributed by atoms with E-state index >= 15 is 0 Å². The fourth-order valence-corrected chi connectivity index (χ4v) is 3.75. The van der Waals surface area contributed by atoms with Crippen molar-refractivity contribution in [2.45, 2.75) is 27.3 Å². The Balaban J connectivity index is 1.44. The van der Waals surface area contributed by atoms with Gasteiger partial charge < -0.3 is 14.3 Å². The van der Waals surface area contributed by atoms with Gasteiger partial charge in [0, 0.05) is 23.9 Å². The van der Waals surface area contributed by atoms with Gasteiger partial charge in [0.15, 0.2) is 0 Å². The Kier molecular flexibility index (Phi) is 4.82. The predicted octanol–water partition coefficient (Wildman–Crippen LogP) is 4.52. The Morgan fingerprint density at radius 3 is 2.69 bits per heavy atom. The van der Waals surface area contributed by atoms with Gasteiger partial charge in [0.2, 0.25) is 0 Å². The highest BCUT2D eigenvalue weighted by molar-refractivity contribution is 6.07. The Labute approximate surface area is 183 Å². The molecule has 8 nitrogen and oxygen atoms in total. The summed E-state index contributed by atoms with van der Waals surface area (Å²) in [5.74, 6) is 1.26. The van der Waals surface area contributed by atoms with Crippen molar-refractivity contribution in [1.82, 2.24) is 25.2 Å². The van der Waals surface area contributed by atoms with Gasteiger partial charge in [0.05, 0.1) is 34.2 Å². The molecule has 0 saturated heterocycles. The van der Waals surface area contributed by atoms with E-state index in [9.17, 15) is 4.79 Å². The third-order valence-corrected chi connectivity index (χ3v) is 5.29. The first-order valence-corrected chi connectivity index (χ1v) is 10.2. The largest absolute Gasteiger partial charge is 0.466 e. The molecule has 0 radical (unpaired) electrons. The molecule has 5 aromatic rings. The molecule has 0 saturated carbocycles. The van der Waals surface area contributed by atoms with Crippen LogP contribution in [0.5, 0.6) is 0 Å². The average molecular weight is 427 g/mol. The van der Waals surface area contributed by atoms with Crippen LogP contribution in [0.3, 0.4) is 0 Å². The van der Waals surface area contributed by atoms with Crippen LogP contribution in [-0.4, -0.2) is 25.8 Å². The van der Waals surface area contributed by atoms with Crippen LogP contribution in [0, 0.1) is 20.8 Å². The average Bonchev–Trinajstić information content (AvgIpc) is 3.51. The zero-order valence-electron chi connectivity index (χ0n) is 17.9. The number of fused-ring (bicyclic) bond motifs is 1. The van der Waals surface area contributed by atoms with E-state index in [0.717, 1.165) is 28.3 Å². The number of carbonyl (C=O) groups is 1. The van der Waals surface area contributed by atoms with E-state index in [4.69, 9.17) is 8.94 Å². The maximum atomic E-state index is 13.2. The standard InChI is InChI=1S/C24H21N5O3/c1-14-9-19(16(3)31-14)21-10-20(22-15(2)28-32-24(22)27-21)23(30)25-11-17-12-26-29(13-17)18-7-5-4-6-8-18/h4-10,12-13H,11H2,1-3H3,(H,25,30). The summed E-state index contributed by atoms with van der Waals surface area (Å²) in [6, 6.07) is 13.5. The Morgan fingerprint density at radius 2 is 1.94 bits per heavy atom. The number of nitrogens with one attached hydrogen (secondary N) is 1. The van der Waals surface area contributed by atoms with Crippen LogP contribution in [-0.2, 0) is 6.54 Å². The molecule has 4 aromatic heterocycles. The molecule has 5 rings (SSSR count). The fraction of sp³-hybridized carbons (Fsp3) is 0.167. The van der Waals surface area contributed by atoms with E-state index in [1.54, 1.807) is 23.9 Å². The monoisotopic (exact) mass is 427 g/mol. The van der Waals surface area contributed by atoms with Gasteiger partial charge in [-0.25, -0.2) is 9.67 Å². The second-order valence-corrected chi connectivity index (χ2v) is 7.64. The minimum Gasteiger partial charge on any atom is -0.466 e. The number of hydrogen-bond acceptors (Lipinski definition) is 6. The van der Waals surface area contributed by atoms with E-state index in [0.29, 0.717) is 34.6 Å². The molecule has 32 heavy (non-hydrogen) atoms. The number of pyridine rings is 1. The van der Waals surface area contributed by atoms with Crippen LogP contribution in [0.2, 0.25) is 0 Å². The van der Waals surface area contributed by atoms with Crippen molar-refractivity contribution in [2.75, 3.05) is 0 Å². The quantitative estimate of drug-likeness (QED) is 0.443. The molecule has 4 heterocycles. The van der Waals surface area contributed by atoms with E-state index in [1.165, 1.54) is 0 Å². The Hall–Kier alpha value is -4.20. The molecule has 1 N–H and O–H groups in total. The molecular weight excluding hydrogens is 406 g/mol. The Bertz CT molecular complexity index is 1430. The van der Waals surface area contributed by atoms with E-state index in [1.807, 2.05) is 56.4 Å². The van der Waals surface area contributed by atoms with Gasteiger partial charge in [-0.2, -0.15) is 5.10 Å². The minimum atomic E-state index is -0.240. The highest BCUT2D eigenvalue weighted by Crippen LogP contribution is 2.30. The van der Waals surface area contributed by atoms with Crippen molar-refractivity contribution in [3.05, 3.63) is 83.2 Å². The lowest BCUT2D eigenvalue weighted by Gasteiger charge is -2.07. The molecule has 160 valence electrons. The van der Waals surface area contributed by atoms with Gasteiger partial charge >= 0.3 is 0 Å². The van der Waals surface area contributed by atoms with Crippen LogP contribution in [0.1, 0.15) is 33.1 Å². The number of amides is 1. The summed E-state index contributed by atoms with van der Waals surface area (Å²) in [6.45, 7) is 5.86. The summed E-state index contributed by atoms with van der Waals surface area (Å²) < 4.78 is 12.8. The third-order valence-electron chi connectivity index (χ3n) is 5.29. The fourth-order valence-electron chi connectivity index (χ4n) is 3.75. The molecule has 0 atom stereocenters. The highest BCUT2D eigenvalue weighted by atomic mass is 16.5.